The SMILES string of the molecule is N#Cc1ccc(I)c(N)c1. The second-order valence-electron chi connectivity index (χ2n) is 1.85. The molecule has 0 amide bonds. The molecule has 2 nitrogen and oxygen atoms in total. The van der Waals surface area contributed by atoms with Crippen LogP contribution in [0.3, 0.4) is 0 Å². The molecule has 2 N–H and O–H groups in total. The first-order valence-corrected chi connectivity index (χ1v) is 3.77. The van der Waals surface area contributed by atoms with E-state index >= 15 is 0 Å². The van der Waals surface area contributed by atoms with Crippen LogP contribution in [-0.2, 0) is 0 Å². The number of anilines is 1. The number of halogens is 1. The Morgan fingerprint density at radius 3 is 2.70 bits per heavy atom. The molecular weight excluding hydrogens is 239 g/mol. The Kier molecular flexibility index (Phi) is 2.12. The lowest BCUT2D eigenvalue weighted by atomic mass is 10.2. The van der Waals surface area contributed by atoms with Gasteiger partial charge in [-0.2, -0.15) is 5.26 Å². The molecule has 0 saturated heterocycles. The monoisotopic (exact) mass is 244 g/mol. The molecule has 1 aromatic rings. The van der Waals surface area contributed by atoms with Gasteiger partial charge in [0.15, 0.2) is 0 Å². The molecule has 0 aliphatic rings. The molecule has 1 rings (SSSR count). The van der Waals surface area contributed by atoms with Crippen LogP contribution >= 0.6 is 22.6 Å². The lowest BCUT2D eigenvalue weighted by molar-refractivity contribution is 1.48. The molecule has 0 fully saturated rings. The van der Waals surface area contributed by atoms with Gasteiger partial charge >= 0.3 is 0 Å². The first-order chi connectivity index (χ1) is 4.74. The Morgan fingerprint density at radius 1 is 1.50 bits per heavy atom. The Bertz CT molecular complexity index is 288. The van der Waals surface area contributed by atoms with Crippen molar-refractivity contribution in [2.45, 2.75) is 0 Å². The lowest BCUT2D eigenvalue weighted by Gasteiger charge is -1.95. The first-order valence-electron chi connectivity index (χ1n) is 2.69. The first kappa shape index (κ1) is 7.35. The summed E-state index contributed by atoms with van der Waals surface area (Å²) in [6, 6.07) is 7.26. The van der Waals surface area contributed by atoms with Gasteiger partial charge in [0.05, 0.1) is 11.6 Å². The highest BCUT2D eigenvalue weighted by Gasteiger charge is 1.94. The molecule has 0 heterocycles. The molecule has 0 bridgehead atoms. The van der Waals surface area contributed by atoms with Crippen LogP contribution in [0.4, 0.5) is 5.69 Å². The number of nitrogens with two attached hydrogens (primary N) is 1. The normalized spacial score (nSPS) is 8.80. The molecule has 0 aliphatic heterocycles. The van der Waals surface area contributed by atoms with Crippen LogP contribution in [-0.4, -0.2) is 0 Å². The molecule has 0 atom stereocenters. The highest BCUT2D eigenvalue weighted by Crippen LogP contribution is 2.15. The van der Waals surface area contributed by atoms with Crippen LogP contribution < -0.4 is 5.73 Å². The van der Waals surface area contributed by atoms with Gasteiger partial charge in [-0.05, 0) is 40.8 Å². The average molecular weight is 244 g/mol. The molecule has 0 aromatic heterocycles. The van der Waals surface area contributed by atoms with Gasteiger partial charge in [-0.15, -0.1) is 0 Å². The van der Waals surface area contributed by atoms with E-state index in [1.807, 2.05) is 12.1 Å². The summed E-state index contributed by atoms with van der Waals surface area (Å²) in [6.45, 7) is 0. The van der Waals surface area contributed by atoms with Crippen molar-refractivity contribution in [1.82, 2.24) is 0 Å². The van der Waals surface area contributed by atoms with Gasteiger partial charge in [-0.1, -0.05) is 0 Å². The van der Waals surface area contributed by atoms with Crippen LogP contribution in [0.15, 0.2) is 18.2 Å². The molecule has 3 heteroatoms. The molecule has 0 radical (unpaired) electrons. The van der Waals surface area contributed by atoms with E-state index in [1.165, 1.54) is 0 Å². The van der Waals surface area contributed by atoms with Gasteiger partial charge in [0.25, 0.3) is 0 Å². The Hall–Kier alpha value is -0.760. The maximum absolute atomic E-state index is 8.44. The average Bonchev–Trinajstić information content (AvgIpc) is 1.95. The molecule has 0 spiro atoms. The van der Waals surface area contributed by atoms with Crippen LogP contribution in [0.2, 0.25) is 0 Å². The number of hydrogen-bond acceptors (Lipinski definition) is 2. The third kappa shape index (κ3) is 1.39. The predicted octanol–water partition coefficient (Wildman–Crippen LogP) is 1.75. The summed E-state index contributed by atoms with van der Waals surface area (Å²) >= 11 is 2.12. The van der Waals surface area contributed by atoms with Crippen molar-refractivity contribution in [2.75, 3.05) is 5.73 Å². The van der Waals surface area contributed by atoms with Crippen molar-refractivity contribution >= 4 is 28.3 Å². The van der Waals surface area contributed by atoms with Gasteiger partial charge in [-0.25, -0.2) is 0 Å². The Morgan fingerprint density at radius 2 is 2.20 bits per heavy atom. The number of hydrogen-bond donors (Lipinski definition) is 1. The zero-order valence-electron chi connectivity index (χ0n) is 5.13. The molecule has 10 heavy (non-hydrogen) atoms. The van der Waals surface area contributed by atoms with Gasteiger partial charge < -0.3 is 5.73 Å². The number of benzene rings is 1. The third-order valence-corrected chi connectivity index (χ3v) is 2.11. The van der Waals surface area contributed by atoms with E-state index in [-0.39, 0.29) is 0 Å². The topological polar surface area (TPSA) is 49.8 Å². The summed E-state index contributed by atoms with van der Waals surface area (Å²) < 4.78 is 0.983. The second-order valence-corrected chi connectivity index (χ2v) is 3.01. The molecule has 0 unspecified atom stereocenters. The summed E-state index contributed by atoms with van der Waals surface area (Å²) in [7, 11) is 0. The quantitative estimate of drug-likeness (QED) is 0.558. The second kappa shape index (κ2) is 2.88. The highest BCUT2D eigenvalue weighted by atomic mass is 127. The number of nitrogens with zero attached hydrogens (tertiary/aromatic N) is 1. The van der Waals surface area contributed by atoms with E-state index in [9.17, 15) is 0 Å². The number of nitriles is 1. The third-order valence-electron chi connectivity index (χ3n) is 1.13. The van der Waals surface area contributed by atoms with Crippen molar-refractivity contribution in [3.8, 4) is 6.07 Å². The fraction of sp³-hybridized carbons (Fsp3) is 0. The molecular formula is C7H5IN2. The van der Waals surface area contributed by atoms with Gasteiger partial charge in [0, 0.05) is 9.26 Å². The maximum Gasteiger partial charge on any atom is 0.0992 e. The number of rotatable bonds is 0. The largest absolute Gasteiger partial charge is 0.398 e. The van der Waals surface area contributed by atoms with Gasteiger partial charge in [0.1, 0.15) is 0 Å². The van der Waals surface area contributed by atoms with Crippen molar-refractivity contribution in [1.29, 1.82) is 5.26 Å². The summed E-state index contributed by atoms with van der Waals surface area (Å²) in [5.41, 5.74) is 6.81. The van der Waals surface area contributed by atoms with E-state index in [0.717, 1.165) is 3.57 Å². The van der Waals surface area contributed by atoms with E-state index in [4.69, 9.17) is 11.0 Å². The minimum atomic E-state index is 0.609. The molecule has 0 saturated carbocycles. The van der Waals surface area contributed by atoms with Crippen molar-refractivity contribution in [3.63, 3.8) is 0 Å². The summed E-state index contributed by atoms with van der Waals surface area (Å²) in [4.78, 5) is 0. The van der Waals surface area contributed by atoms with Crippen LogP contribution in [0.1, 0.15) is 5.56 Å². The van der Waals surface area contributed by atoms with E-state index in [1.54, 1.807) is 12.1 Å². The summed E-state index contributed by atoms with van der Waals surface area (Å²) in [5, 5.41) is 8.44. The molecule has 50 valence electrons. The fourth-order valence-electron chi connectivity index (χ4n) is 0.613. The van der Waals surface area contributed by atoms with E-state index in [0.29, 0.717) is 11.3 Å². The highest BCUT2D eigenvalue weighted by molar-refractivity contribution is 14.1. The van der Waals surface area contributed by atoms with Crippen molar-refractivity contribution in [3.05, 3.63) is 27.3 Å². The Labute approximate surface area is 72.8 Å². The molecule has 0 aliphatic carbocycles. The van der Waals surface area contributed by atoms with E-state index in [2.05, 4.69) is 22.6 Å². The summed E-state index contributed by atoms with van der Waals surface area (Å²) in [6.07, 6.45) is 0. The van der Waals surface area contributed by atoms with E-state index < -0.39 is 0 Å². The number of nitrogen functional groups attached to an aromatic ring is 1. The van der Waals surface area contributed by atoms with Crippen LogP contribution in [0, 0.1) is 14.9 Å². The van der Waals surface area contributed by atoms with Crippen LogP contribution in [0.25, 0.3) is 0 Å². The van der Waals surface area contributed by atoms with Crippen molar-refractivity contribution in [2.24, 2.45) is 0 Å². The minimum absolute atomic E-state index is 0.609. The minimum Gasteiger partial charge on any atom is -0.398 e. The fourth-order valence-corrected chi connectivity index (χ4v) is 0.949. The molecule has 1 aromatic carbocycles. The van der Waals surface area contributed by atoms with Gasteiger partial charge in [0.2, 0.25) is 0 Å². The zero-order valence-corrected chi connectivity index (χ0v) is 7.29. The van der Waals surface area contributed by atoms with Crippen molar-refractivity contribution < 1.29 is 0 Å². The maximum atomic E-state index is 8.44. The standard InChI is InChI=1S/C7H5IN2/c8-6-2-1-5(4-9)3-7(6)10/h1-3H,10H2. The predicted molar refractivity (Wildman–Crippen MR) is 48.3 cm³/mol. The van der Waals surface area contributed by atoms with Crippen LogP contribution in [0.5, 0.6) is 0 Å². The summed E-state index contributed by atoms with van der Waals surface area (Å²) in [5.74, 6) is 0. The smallest absolute Gasteiger partial charge is 0.0992 e. The lowest BCUT2D eigenvalue weighted by Crippen LogP contribution is -1.89. The zero-order chi connectivity index (χ0) is 7.56. The van der Waals surface area contributed by atoms with Gasteiger partial charge in [-0.3, -0.25) is 0 Å². The Balaban J connectivity index is 3.20.